The first-order valence-electron chi connectivity index (χ1n) is 11.9. The molecule has 1 atom stereocenters. The molecule has 36 heavy (non-hydrogen) atoms. The van der Waals surface area contributed by atoms with Crippen molar-refractivity contribution in [2.75, 3.05) is 38.5 Å². The number of rotatable bonds is 11. The Morgan fingerprint density at radius 3 is 2.75 bits per heavy atom. The van der Waals surface area contributed by atoms with Crippen LogP contribution in [0.5, 0.6) is 0 Å². The van der Waals surface area contributed by atoms with Crippen LogP contribution in [-0.4, -0.2) is 56.0 Å². The summed E-state index contributed by atoms with van der Waals surface area (Å²) in [6.45, 7) is 10.8. The molecule has 0 spiro atoms. The SMILES string of the molecule is CN[CH-]C(C=N)=NC=[C-]NC(C)c1cccc(NC(=O)c2ccc(CN3CCNCC3)c(C)c2)c1.[K+]. The largest absolute Gasteiger partial charge is 1.00 e. The van der Waals surface area contributed by atoms with Crippen molar-refractivity contribution in [3.05, 3.63) is 83.7 Å². The van der Waals surface area contributed by atoms with Gasteiger partial charge in [-0.05, 0) is 61.9 Å². The number of aliphatic imine (C=N–C) groups is 1. The van der Waals surface area contributed by atoms with Gasteiger partial charge in [0.05, 0.1) is 0 Å². The number of amides is 1. The molecule has 5 N–H and O–H groups in total. The summed E-state index contributed by atoms with van der Waals surface area (Å²) < 4.78 is 0. The molecule has 3 rings (SSSR count). The van der Waals surface area contributed by atoms with E-state index in [2.05, 4.69) is 50.3 Å². The standard InChI is InChI=1S/C27H35N7O.K/c1-20-15-23(7-8-24(20)19-34-13-11-30-12-14-34)27(35)33-25-6-4-5-22(16-25)21(2)31-9-10-32-26(17-28)18-29-3;/h4-8,10,15-18,21,28-31H,11-14,19H2,1-3H3,(H,33,35);/q-2;+1. The van der Waals surface area contributed by atoms with Gasteiger partial charge in [0.25, 0.3) is 5.91 Å². The molecule has 0 aromatic heterocycles. The number of carbonyl (C=O) groups is 1. The average molecular weight is 513 g/mol. The molecule has 2 aromatic rings. The van der Waals surface area contributed by atoms with E-state index in [1.807, 2.05) is 43.3 Å². The van der Waals surface area contributed by atoms with Crippen molar-refractivity contribution >= 4 is 23.5 Å². The van der Waals surface area contributed by atoms with E-state index in [9.17, 15) is 4.79 Å². The van der Waals surface area contributed by atoms with Gasteiger partial charge >= 0.3 is 51.4 Å². The summed E-state index contributed by atoms with van der Waals surface area (Å²) in [5.41, 5.74) is 5.27. The van der Waals surface area contributed by atoms with Crippen LogP contribution < -0.4 is 72.7 Å². The van der Waals surface area contributed by atoms with Crippen LogP contribution in [0.2, 0.25) is 0 Å². The smallest absolute Gasteiger partial charge is 0.560 e. The quantitative estimate of drug-likeness (QED) is 0.127. The molecule has 1 aliphatic rings. The molecular weight excluding hydrogens is 477 g/mol. The molecule has 0 bridgehead atoms. The first kappa shape index (κ1) is 30.4. The molecule has 0 aliphatic carbocycles. The Balaban J connectivity index is 0.00000456. The zero-order valence-corrected chi connectivity index (χ0v) is 24.8. The number of hydrogen-bond acceptors (Lipinski definition) is 7. The van der Waals surface area contributed by atoms with Crippen molar-refractivity contribution in [2.24, 2.45) is 4.99 Å². The van der Waals surface area contributed by atoms with Gasteiger partial charge in [-0.15, -0.1) is 19.0 Å². The Labute approximate surface area is 257 Å². The van der Waals surface area contributed by atoms with Crippen LogP contribution in [0.4, 0.5) is 5.69 Å². The first-order valence-corrected chi connectivity index (χ1v) is 11.9. The summed E-state index contributed by atoms with van der Waals surface area (Å²) in [6, 6.07) is 13.6. The van der Waals surface area contributed by atoms with Gasteiger partial charge < -0.3 is 37.9 Å². The van der Waals surface area contributed by atoms with E-state index in [1.165, 1.54) is 11.8 Å². The van der Waals surface area contributed by atoms with Gasteiger partial charge in [-0.3, -0.25) is 9.69 Å². The first-order chi connectivity index (χ1) is 17.0. The number of nitrogens with zero attached hydrogens (tertiary/aromatic N) is 2. The van der Waals surface area contributed by atoms with Crippen molar-refractivity contribution < 1.29 is 56.2 Å². The second-order valence-corrected chi connectivity index (χ2v) is 8.52. The Hall–Kier alpha value is -1.82. The fraction of sp³-hybridized carbons (Fsp3) is 0.333. The van der Waals surface area contributed by atoms with E-state index in [-0.39, 0.29) is 63.3 Å². The van der Waals surface area contributed by atoms with E-state index >= 15 is 0 Å². The van der Waals surface area contributed by atoms with Crippen LogP contribution >= 0.6 is 0 Å². The number of carbonyl (C=O) groups excluding carboxylic acids is 1. The molecule has 2 aromatic carbocycles. The van der Waals surface area contributed by atoms with Gasteiger partial charge in [0.1, 0.15) is 0 Å². The van der Waals surface area contributed by atoms with E-state index < -0.39 is 0 Å². The zero-order valence-electron chi connectivity index (χ0n) is 21.7. The minimum atomic E-state index is -0.125. The van der Waals surface area contributed by atoms with Gasteiger partial charge in [0, 0.05) is 50.0 Å². The second kappa shape index (κ2) is 16.1. The Morgan fingerprint density at radius 1 is 1.28 bits per heavy atom. The van der Waals surface area contributed by atoms with Gasteiger partial charge in [0.2, 0.25) is 0 Å². The molecule has 0 saturated carbocycles. The van der Waals surface area contributed by atoms with Crippen LogP contribution in [0.15, 0.2) is 53.7 Å². The normalized spacial score (nSPS) is 15.1. The van der Waals surface area contributed by atoms with Gasteiger partial charge in [-0.1, -0.05) is 23.9 Å². The third-order valence-corrected chi connectivity index (χ3v) is 5.87. The summed E-state index contributed by atoms with van der Waals surface area (Å²) >= 11 is 0. The van der Waals surface area contributed by atoms with E-state index in [0.717, 1.165) is 55.8 Å². The maximum atomic E-state index is 12.9. The molecule has 186 valence electrons. The molecule has 1 fully saturated rings. The Bertz CT molecular complexity index is 1060. The monoisotopic (exact) mass is 512 g/mol. The maximum Gasteiger partial charge on any atom is 1.00 e. The van der Waals surface area contributed by atoms with Crippen LogP contribution in [0, 0.1) is 25.1 Å². The molecule has 8 nitrogen and oxygen atoms in total. The molecule has 9 heteroatoms. The van der Waals surface area contributed by atoms with Crippen LogP contribution in [0.3, 0.4) is 0 Å². The fourth-order valence-electron chi connectivity index (χ4n) is 3.83. The molecule has 0 radical (unpaired) electrons. The Kier molecular flexibility index (Phi) is 13.6. The molecule has 1 unspecified atom stereocenters. The zero-order chi connectivity index (χ0) is 25.0. The van der Waals surface area contributed by atoms with E-state index in [1.54, 1.807) is 13.6 Å². The predicted molar refractivity (Wildman–Crippen MR) is 143 cm³/mol. The summed E-state index contributed by atoms with van der Waals surface area (Å²) in [5.74, 6) is -0.125. The molecule has 1 heterocycles. The van der Waals surface area contributed by atoms with Gasteiger partial charge in [-0.25, -0.2) is 0 Å². The third-order valence-electron chi connectivity index (χ3n) is 5.87. The molecule has 1 amide bonds. The number of benzene rings is 2. The van der Waals surface area contributed by atoms with Crippen molar-refractivity contribution in [1.29, 1.82) is 5.41 Å². The van der Waals surface area contributed by atoms with Crippen molar-refractivity contribution in [3.8, 4) is 0 Å². The molecule has 1 aliphatic heterocycles. The summed E-state index contributed by atoms with van der Waals surface area (Å²) in [7, 11) is 1.75. The number of hydrogen-bond donors (Lipinski definition) is 5. The van der Waals surface area contributed by atoms with Crippen LogP contribution in [-0.2, 0) is 6.54 Å². The van der Waals surface area contributed by atoms with Crippen LogP contribution in [0.25, 0.3) is 0 Å². The predicted octanol–water partition coefficient (Wildman–Crippen LogP) is 0.0533. The number of aryl methyl sites for hydroxylation is 1. The molecule has 1 saturated heterocycles. The Morgan fingerprint density at radius 2 is 2.06 bits per heavy atom. The average Bonchev–Trinajstić information content (AvgIpc) is 2.87. The van der Waals surface area contributed by atoms with Crippen LogP contribution in [0.1, 0.15) is 40.0 Å². The second-order valence-electron chi connectivity index (χ2n) is 8.52. The van der Waals surface area contributed by atoms with Crippen molar-refractivity contribution in [3.63, 3.8) is 0 Å². The minimum Gasteiger partial charge on any atom is -0.560 e. The maximum absolute atomic E-state index is 12.9. The van der Waals surface area contributed by atoms with E-state index in [4.69, 9.17) is 5.41 Å². The third kappa shape index (κ3) is 9.57. The summed E-state index contributed by atoms with van der Waals surface area (Å²) in [6.07, 6.45) is 5.57. The summed E-state index contributed by atoms with van der Waals surface area (Å²) in [5, 5.41) is 19.7. The van der Waals surface area contributed by atoms with Crippen molar-refractivity contribution in [2.45, 2.75) is 26.4 Å². The van der Waals surface area contributed by atoms with Gasteiger partial charge in [-0.2, -0.15) is 0 Å². The minimum absolute atomic E-state index is 0. The number of piperazine rings is 1. The topological polar surface area (TPSA) is 105 Å². The summed E-state index contributed by atoms with van der Waals surface area (Å²) in [4.78, 5) is 19.5. The molecular formula is C27H35KN7O-. The fourth-order valence-corrected chi connectivity index (χ4v) is 3.83. The van der Waals surface area contributed by atoms with Crippen molar-refractivity contribution in [1.82, 2.24) is 20.9 Å². The van der Waals surface area contributed by atoms with E-state index in [0.29, 0.717) is 11.3 Å². The number of nitrogens with one attached hydrogen (secondary N) is 5. The number of anilines is 1. The van der Waals surface area contributed by atoms with Gasteiger partial charge in [0.15, 0.2) is 0 Å².